The summed E-state index contributed by atoms with van der Waals surface area (Å²) in [5.74, 6) is 0.500. The highest BCUT2D eigenvalue weighted by Crippen LogP contribution is 2.42. The van der Waals surface area contributed by atoms with Crippen molar-refractivity contribution in [3.05, 3.63) is 23.8 Å². The van der Waals surface area contributed by atoms with E-state index in [1.165, 1.54) is 19.3 Å². The summed E-state index contributed by atoms with van der Waals surface area (Å²) in [4.78, 5) is 43.1. The van der Waals surface area contributed by atoms with Crippen molar-refractivity contribution in [1.29, 1.82) is 0 Å². The number of hydrogen-bond donors (Lipinski definition) is 2. The highest BCUT2D eigenvalue weighted by molar-refractivity contribution is 6.07. The van der Waals surface area contributed by atoms with E-state index in [2.05, 4.69) is 10.6 Å². The molecule has 0 spiro atoms. The summed E-state index contributed by atoms with van der Waals surface area (Å²) in [5.41, 5.74) is 1.92. The van der Waals surface area contributed by atoms with Gasteiger partial charge in [0.25, 0.3) is 5.91 Å². The molecule has 7 heteroatoms. The molecule has 2 saturated carbocycles. The fourth-order valence-electron chi connectivity index (χ4n) is 5.40. The van der Waals surface area contributed by atoms with Gasteiger partial charge in [0, 0.05) is 50.1 Å². The summed E-state index contributed by atoms with van der Waals surface area (Å²) in [6, 6.07) is 5.39. The highest BCUT2D eigenvalue weighted by atomic mass is 16.2. The molecule has 2 N–H and O–H groups in total. The molecule has 0 bridgehead atoms. The van der Waals surface area contributed by atoms with Gasteiger partial charge in [-0.2, -0.15) is 0 Å². The Morgan fingerprint density at radius 2 is 1.71 bits per heavy atom. The zero-order chi connectivity index (χ0) is 21.4. The Morgan fingerprint density at radius 1 is 0.968 bits per heavy atom. The molecule has 31 heavy (non-hydrogen) atoms. The van der Waals surface area contributed by atoms with E-state index >= 15 is 0 Å². The Hall–Kier alpha value is -2.41. The fraction of sp³-hybridized carbons (Fsp3) is 0.625. The monoisotopic (exact) mass is 424 g/mol. The van der Waals surface area contributed by atoms with E-state index in [4.69, 9.17) is 0 Å². The molecule has 4 aliphatic rings. The van der Waals surface area contributed by atoms with Crippen molar-refractivity contribution >= 4 is 29.1 Å². The molecule has 1 saturated heterocycles. The number of carbonyl (C=O) groups excluding carboxylic acids is 3. The largest absolute Gasteiger partial charge is 0.336 e. The average Bonchev–Trinajstić information content (AvgIpc) is 3.66. The maximum absolute atomic E-state index is 13.4. The highest BCUT2D eigenvalue weighted by Gasteiger charge is 2.42. The van der Waals surface area contributed by atoms with E-state index in [-0.39, 0.29) is 29.7 Å². The van der Waals surface area contributed by atoms with Gasteiger partial charge in [-0.25, -0.2) is 0 Å². The van der Waals surface area contributed by atoms with Crippen LogP contribution in [0.15, 0.2) is 18.2 Å². The van der Waals surface area contributed by atoms with Crippen molar-refractivity contribution in [3.63, 3.8) is 0 Å². The molecule has 7 nitrogen and oxygen atoms in total. The first-order chi connectivity index (χ1) is 15.1. The van der Waals surface area contributed by atoms with Crippen LogP contribution in [0.1, 0.15) is 61.7 Å². The molecule has 2 aliphatic heterocycles. The Balaban J connectivity index is 1.49. The quantitative estimate of drug-likeness (QED) is 0.782. The van der Waals surface area contributed by atoms with Crippen LogP contribution in [-0.2, 0) is 9.59 Å². The van der Waals surface area contributed by atoms with Crippen LogP contribution >= 0.6 is 0 Å². The molecule has 166 valence electrons. The second kappa shape index (κ2) is 8.61. The van der Waals surface area contributed by atoms with Gasteiger partial charge in [-0.15, -0.1) is 0 Å². The van der Waals surface area contributed by atoms with Crippen LogP contribution in [-0.4, -0.2) is 54.8 Å². The molecule has 0 radical (unpaired) electrons. The molecule has 1 atom stereocenters. The lowest BCUT2D eigenvalue weighted by molar-refractivity contribution is -0.121. The first-order valence-corrected chi connectivity index (χ1v) is 11.9. The minimum atomic E-state index is -0.0932. The maximum atomic E-state index is 13.4. The van der Waals surface area contributed by atoms with Gasteiger partial charge in [0.15, 0.2) is 0 Å². The molecular weight excluding hydrogens is 392 g/mol. The van der Waals surface area contributed by atoms with Crippen molar-refractivity contribution in [1.82, 2.24) is 10.2 Å². The van der Waals surface area contributed by atoms with Gasteiger partial charge in [-0.3, -0.25) is 14.4 Å². The predicted octanol–water partition coefficient (Wildman–Crippen LogP) is 2.77. The molecule has 2 aliphatic carbocycles. The van der Waals surface area contributed by atoms with Gasteiger partial charge in [0.2, 0.25) is 11.8 Å². The number of benzene rings is 1. The van der Waals surface area contributed by atoms with Crippen molar-refractivity contribution in [2.24, 2.45) is 11.8 Å². The second-order valence-electron chi connectivity index (χ2n) is 9.47. The van der Waals surface area contributed by atoms with Crippen LogP contribution in [0.4, 0.5) is 11.4 Å². The summed E-state index contributed by atoms with van der Waals surface area (Å²) < 4.78 is 0. The Labute approximate surface area is 183 Å². The fourth-order valence-corrected chi connectivity index (χ4v) is 5.40. The van der Waals surface area contributed by atoms with Gasteiger partial charge >= 0.3 is 0 Å². The zero-order valence-corrected chi connectivity index (χ0v) is 18.1. The lowest BCUT2D eigenvalue weighted by atomic mass is 9.81. The van der Waals surface area contributed by atoms with E-state index in [0.717, 1.165) is 44.5 Å². The van der Waals surface area contributed by atoms with Crippen LogP contribution in [0.2, 0.25) is 0 Å². The van der Waals surface area contributed by atoms with Crippen molar-refractivity contribution in [2.75, 3.05) is 36.4 Å². The Bertz CT molecular complexity index is 870. The molecular formula is C24H32N4O3. The number of anilines is 2. The number of hydrogen-bond acceptors (Lipinski definition) is 4. The second-order valence-corrected chi connectivity index (χ2v) is 9.47. The van der Waals surface area contributed by atoms with E-state index in [1.54, 1.807) is 6.07 Å². The molecule has 0 aromatic heterocycles. The summed E-state index contributed by atoms with van der Waals surface area (Å²) >= 11 is 0. The summed E-state index contributed by atoms with van der Waals surface area (Å²) in [6.45, 7) is 2.94. The average molecular weight is 425 g/mol. The van der Waals surface area contributed by atoms with Crippen LogP contribution < -0.4 is 15.5 Å². The summed E-state index contributed by atoms with van der Waals surface area (Å²) in [7, 11) is 0. The van der Waals surface area contributed by atoms with Crippen LogP contribution in [0.5, 0.6) is 0 Å². The Kier molecular flexibility index (Phi) is 5.69. The standard InChI is InChI=1S/C24H32N4O3/c29-22-15-21(16-4-2-1-3-5-16)28(24(31)17-6-7-17)20-9-8-18(14-19(20)26-22)23(30)27-12-10-25-11-13-27/h8-9,14,16-17,21,25H,1-7,10-13,15H2,(H,26,29). The SMILES string of the molecule is O=C1CC(C2CCCCC2)N(C(=O)C2CC2)c2ccc(C(=O)N3CCNCC3)cc2N1. The van der Waals surface area contributed by atoms with E-state index in [0.29, 0.717) is 36.7 Å². The van der Waals surface area contributed by atoms with E-state index in [1.807, 2.05) is 21.9 Å². The number of nitrogens with zero attached hydrogens (tertiary/aromatic N) is 2. The first kappa shape index (κ1) is 20.5. The molecule has 3 fully saturated rings. The van der Waals surface area contributed by atoms with Crippen LogP contribution in [0, 0.1) is 11.8 Å². The normalized spacial score (nSPS) is 24.9. The minimum Gasteiger partial charge on any atom is -0.336 e. The van der Waals surface area contributed by atoms with E-state index in [9.17, 15) is 14.4 Å². The minimum absolute atomic E-state index is 0.0216. The third kappa shape index (κ3) is 4.20. The van der Waals surface area contributed by atoms with Gasteiger partial charge in [-0.05, 0) is 49.8 Å². The Morgan fingerprint density at radius 3 is 2.42 bits per heavy atom. The van der Waals surface area contributed by atoms with Crippen LogP contribution in [0.25, 0.3) is 0 Å². The lowest BCUT2D eigenvalue weighted by Crippen LogP contribution is -2.47. The van der Waals surface area contributed by atoms with Crippen molar-refractivity contribution < 1.29 is 14.4 Å². The number of carbonyl (C=O) groups is 3. The van der Waals surface area contributed by atoms with Crippen molar-refractivity contribution in [3.8, 4) is 0 Å². The molecule has 3 amide bonds. The van der Waals surface area contributed by atoms with Gasteiger partial charge in [0.05, 0.1) is 11.4 Å². The third-order valence-corrected chi connectivity index (χ3v) is 7.27. The third-order valence-electron chi connectivity index (χ3n) is 7.27. The van der Waals surface area contributed by atoms with Gasteiger partial charge < -0.3 is 20.4 Å². The number of fused-ring (bicyclic) bond motifs is 1. The molecule has 5 rings (SSSR count). The van der Waals surface area contributed by atoms with Crippen LogP contribution in [0.3, 0.4) is 0 Å². The van der Waals surface area contributed by atoms with Crippen molar-refractivity contribution in [2.45, 2.75) is 57.4 Å². The predicted molar refractivity (Wildman–Crippen MR) is 119 cm³/mol. The number of amides is 3. The summed E-state index contributed by atoms with van der Waals surface area (Å²) in [6.07, 6.45) is 7.91. The maximum Gasteiger partial charge on any atom is 0.254 e. The van der Waals surface area contributed by atoms with E-state index < -0.39 is 0 Å². The molecule has 1 unspecified atom stereocenters. The summed E-state index contributed by atoms with van der Waals surface area (Å²) in [5, 5.41) is 6.28. The molecule has 1 aromatic rings. The topological polar surface area (TPSA) is 81.8 Å². The molecule has 2 heterocycles. The lowest BCUT2D eigenvalue weighted by Gasteiger charge is -2.38. The van der Waals surface area contributed by atoms with Gasteiger partial charge in [-0.1, -0.05) is 19.3 Å². The molecule has 1 aromatic carbocycles. The van der Waals surface area contributed by atoms with Gasteiger partial charge in [0.1, 0.15) is 0 Å². The number of piperazine rings is 1. The zero-order valence-electron chi connectivity index (χ0n) is 18.1. The smallest absolute Gasteiger partial charge is 0.254 e. The first-order valence-electron chi connectivity index (χ1n) is 11.9. The number of rotatable bonds is 3. The number of nitrogens with one attached hydrogen (secondary N) is 2.